The lowest BCUT2D eigenvalue weighted by molar-refractivity contribution is -0.128. The molecule has 0 aliphatic heterocycles. The zero-order chi connectivity index (χ0) is 18.4. The fourth-order valence-electron chi connectivity index (χ4n) is 2.66. The molecule has 0 bridgehead atoms. The highest BCUT2D eigenvalue weighted by molar-refractivity contribution is 5.81. The van der Waals surface area contributed by atoms with E-state index in [9.17, 15) is 4.79 Å². The van der Waals surface area contributed by atoms with Gasteiger partial charge in [0.15, 0.2) is 6.10 Å². The van der Waals surface area contributed by atoms with Crippen LogP contribution in [0.4, 0.5) is 0 Å². The van der Waals surface area contributed by atoms with Crippen LogP contribution in [0.25, 0.3) is 0 Å². The molecule has 0 radical (unpaired) electrons. The van der Waals surface area contributed by atoms with E-state index in [1.165, 1.54) is 0 Å². The molecular weight excluding hydrogens is 314 g/mol. The van der Waals surface area contributed by atoms with Crippen molar-refractivity contribution in [2.24, 2.45) is 5.92 Å². The fraction of sp³-hybridized carbons (Fsp3) is 0.381. The molecule has 2 atom stereocenters. The highest BCUT2D eigenvalue weighted by atomic mass is 16.5. The predicted octanol–water partition coefficient (Wildman–Crippen LogP) is 4.28. The minimum atomic E-state index is -0.568. The number of nitrogens with one attached hydrogen (secondary N) is 1. The van der Waals surface area contributed by atoms with Crippen LogP contribution in [0.2, 0.25) is 0 Å². The standard InChI is InChI=1S/C21H27NO3/c1-14(2)20(17-9-11-18(24-5)12-10-17)22-21(23)16(4)25-19-8-6-7-15(3)13-19/h6-14,16,20H,1-5H3,(H,22,23)/t16-,20+/m0/s1. The maximum Gasteiger partial charge on any atom is 0.261 e. The van der Waals surface area contributed by atoms with E-state index >= 15 is 0 Å². The summed E-state index contributed by atoms with van der Waals surface area (Å²) >= 11 is 0. The molecule has 1 N–H and O–H groups in total. The Bertz CT molecular complexity index is 695. The van der Waals surface area contributed by atoms with Gasteiger partial charge in [-0.25, -0.2) is 0 Å². The van der Waals surface area contributed by atoms with Crippen molar-refractivity contribution in [2.75, 3.05) is 7.11 Å². The number of carbonyl (C=O) groups excluding carboxylic acids is 1. The number of carbonyl (C=O) groups is 1. The van der Waals surface area contributed by atoms with E-state index in [-0.39, 0.29) is 17.9 Å². The molecule has 4 heteroatoms. The van der Waals surface area contributed by atoms with Gasteiger partial charge in [0.05, 0.1) is 13.2 Å². The molecule has 0 spiro atoms. The number of amides is 1. The maximum atomic E-state index is 12.6. The van der Waals surface area contributed by atoms with Crippen LogP contribution in [-0.2, 0) is 4.79 Å². The molecule has 134 valence electrons. The van der Waals surface area contributed by atoms with Crippen LogP contribution in [0.5, 0.6) is 11.5 Å². The van der Waals surface area contributed by atoms with E-state index in [2.05, 4.69) is 19.2 Å². The van der Waals surface area contributed by atoms with Crippen molar-refractivity contribution in [3.63, 3.8) is 0 Å². The second kappa shape index (κ2) is 8.56. The summed E-state index contributed by atoms with van der Waals surface area (Å²) in [4.78, 5) is 12.6. The van der Waals surface area contributed by atoms with Crippen molar-refractivity contribution in [1.82, 2.24) is 5.32 Å². The van der Waals surface area contributed by atoms with Crippen molar-refractivity contribution in [3.05, 3.63) is 59.7 Å². The highest BCUT2D eigenvalue weighted by Gasteiger charge is 2.22. The van der Waals surface area contributed by atoms with Gasteiger partial charge in [0, 0.05) is 0 Å². The first-order valence-electron chi connectivity index (χ1n) is 8.58. The summed E-state index contributed by atoms with van der Waals surface area (Å²) in [5.74, 6) is 1.63. The van der Waals surface area contributed by atoms with Gasteiger partial charge in [-0.1, -0.05) is 38.1 Å². The van der Waals surface area contributed by atoms with Gasteiger partial charge >= 0.3 is 0 Å². The van der Waals surface area contributed by atoms with Gasteiger partial charge in [-0.05, 0) is 55.2 Å². The lowest BCUT2D eigenvalue weighted by Gasteiger charge is -2.25. The minimum Gasteiger partial charge on any atom is -0.497 e. The average Bonchev–Trinajstić information content (AvgIpc) is 2.59. The second-order valence-corrected chi connectivity index (χ2v) is 6.58. The van der Waals surface area contributed by atoms with Gasteiger partial charge in [-0.15, -0.1) is 0 Å². The number of rotatable bonds is 7. The Morgan fingerprint density at radius 1 is 1.00 bits per heavy atom. The van der Waals surface area contributed by atoms with E-state index in [0.29, 0.717) is 5.75 Å². The number of methoxy groups -OCH3 is 1. The van der Waals surface area contributed by atoms with E-state index in [1.807, 2.05) is 55.5 Å². The second-order valence-electron chi connectivity index (χ2n) is 6.58. The highest BCUT2D eigenvalue weighted by Crippen LogP contribution is 2.24. The lowest BCUT2D eigenvalue weighted by atomic mass is 9.95. The monoisotopic (exact) mass is 341 g/mol. The SMILES string of the molecule is COc1ccc([C@H](NC(=O)[C@H](C)Oc2cccc(C)c2)C(C)C)cc1. The topological polar surface area (TPSA) is 47.6 Å². The molecule has 0 aliphatic rings. The van der Waals surface area contributed by atoms with Gasteiger partial charge in [0.25, 0.3) is 5.91 Å². The first-order valence-corrected chi connectivity index (χ1v) is 8.58. The molecule has 2 aromatic carbocycles. The Hall–Kier alpha value is -2.49. The minimum absolute atomic E-state index is 0.0815. The zero-order valence-electron chi connectivity index (χ0n) is 15.6. The Balaban J connectivity index is 2.06. The van der Waals surface area contributed by atoms with Crippen LogP contribution in [0.15, 0.2) is 48.5 Å². The Morgan fingerprint density at radius 3 is 2.24 bits per heavy atom. The molecule has 0 saturated carbocycles. The van der Waals surface area contributed by atoms with E-state index in [1.54, 1.807) is 14.0 Å². The smallest absolute Gasteiger partial charge is 0.261 e. The zero-order valence-corrected chi connectivity index (χ0v) is 15.6. The Morgan fingerprint density at radius 2 is 1.68 bits per heavy atom. The van der Waals surface area contributed by atoms with Crippen molar-refractivity contribution < 1.29 is 14.3 Å². The maximum absolute atomic E-state index is 12.6. The summed E-state index contributed by atoms with van der Waals surface area (Å²) in [5.41, 5.74) is 2.15. The first kappa shape index (κ1) is 18.8. The molecular formula is C21H27NO3. The van der Waals surface area contributed by atoms with Crippen LogP contribution in [0.3, 0.4) is 0 Å². The summed E-state index contributed by atoms with van der Waals surface area (Å²) in [7, 11) is 1.64. The molecule has 1 amide bonds. The predicted molar refractivity (Wildman–Crippen MR) is 100.0 cm³/mol. The summed E-state index contributed by atoms with van der Waals surface area (Å²) in [6.07, 6.45) is -0.568. The van der Waals surface area contributed by atoms with Crippen molar-refractivity contribution >= 4 is 5.91 Å². The molecule has 0 saturated heterocycles. The number of benzene rings is 2. The summed E-state index contributed by atoms with van der Waals surface area (Å²) < 4.78 is 11.0. The van der Waals surface area contributed by atoms with Crippen LogP contribution in [0, 0.1) is 12.8 Å². The molecule has 0 fully saturated rings. The lowest BCUT2D eigenvalue weighted by Crippen LogP contribution is -2.40. The van der Waals surface area contributed by atoms with Gasteiger partial charge in [0.2, 0.25) is 0 Å². The number of ether oxygens (including phenoxy) is 2. The quantitative estimate of drug-likeness (QED) is 0.817. The first-order chi connectivity index (χ1) is 11.9. The molecule has 4 nitrogen and oxygen atoms in total. The van der Waals surface area contributed by atoms with Crippen molar-refractivity contribution in [1.29, 1.82) is 0 Å². The molecule has 0 unspecified atom stereocenters. The number of hydrogen-bond acceptors (Lipinski definition) is 3. The summed E-state index contributed by atoms with van der Waals surface area (Å²) in [5, 5.41) is 3.10. The molecule has 2 rings (SSSR count). The van der Waals surface area contributed by atoms with Crippen LogP contribution in [-0.4, -0.2) is 19.1 Å². The van der Waals surface area contributed by atoms with Gasteiger partial charge in [-0.2, -0.15) is 0 Å². The number of aryl methyl sites for hydroxylation is 1. The van der Waals surface area contributed by atoms with Crippen molar-refractivity contribution in [3.8, 4) is 11.5 Å². The average molecular weight is 341 g/mol. The van der Waals surface area contributed by atoms with Crippen LogP contribution < -0.4 is 14.8 Å². The molecule has 0 aliphatic carbocycles. The van der Waals surface area contributed by atoms with Gasteiger partial charge < -0.3 is 14.8 Å². The number of hydrogen-bond donors (Lipinski definition) is 1. The summed E-state index contributed by atoms with van der Waals surface area (Å²) in [6.45, 7) is 7.93. The van der Waals surface area contributed by atoms with E-state index in [4.69, 9.17) is 9.47 Å². The molecule has 0 aromatic heterocycles. The van der Waals surface area contributed by atoms with Crippen LogP contribution >= 0.6 is 0 Å². The summed E-state index contributed by atoms with van der Waals surface area (Å²) in [6, 6.07) is 15.4. The van der Waals surface area contributed by atoms with Gasteiger partial charge in [-0.3, -0.25) is 4.79 Å². The van der Waals surface area contributed by atoms with E-state index < -0.39 is 6.10 Å². The molecule has 2 aromatic rings. The van der Waals surface area contributed by atoms with Crippen molar-refractivity contribution in [2.45, 2.75) is 39.8 Å². The fourth-order valence-corrected chi connectivity index (χ4v) is 2.66. The van der Waals surface area contributed by atoms with Crippen LogP contribution in [0.1, 0.15) is 37.9 Å². The third-order valence-corrected chi connectivity index (χ3v) is 4.11. The van der Waals surface area contributed by atoms with Gasteiger partial charge in [0.1, 0.15) is 11.5 Å². The largest absolute Gasteiger partial charge is 0.497 e. The molecule has 0 heterocycles. The molecule has 25 heavy (non-hydrogen) atoms. The third-order valence-electron chi connectivity index (χ3n) is 4.11. The third kappa shape index (κ3) is 5.24. The Labute approximate surface area is 150 Å². The normalized spacial score (nSPS) is 13.2. The van der Waals surface area contributed by atoms with E-state index in [0.717, 1.165) is 16.9 Å². The Kier molecular flexibility index (Phi) is 6.45.